The van der Waals surface area contributed by atoms with Crippen LogP contribution in [0.15, 0.2) is 24.5 Å². The molecule has 5 atom stereocenters. The molecule has 1 fully saturated rings. The molecule has 1 aliphatic heterocycles. The van der Waals surface area contributed by atoms with E-state index in [2.05, 4.69) is 9.97 Å². The summed E-state index contributed by atoms with van der Waals surface area (Å²) in [6.45, 7) is 19.7. The van der Waals surface area contributed by atoms with Crippen molar-refractivity contribution in [2.45, 2.75) is 114 Å². The number of aromatic amines is 1. The number of hydrogen-bond donors (Lipinski definition) is 1. The molecule has 2 heterocycles. The Kier molecular flexibility index (Phi) is 10.3. The van der Waals surface area contributed by atoms with Crippen LogP contribution in [0.2, 0.25) is 0 Å². The van der Waals surface area contributed by atoms with Gasteiger partial charge in [-0.3, -0.25) is 19.2 Å². The van der Waals surface area contributed by atoms with Crippen molar-refractivity contribution in [1.29, 1.82) is 0 Å². The second-order valence-electron chi connectivity index (χ2n) is 15.4. The minimum atomic E-state index is -1.41. The van der Waals surface area contributed by atoms with E-state index in [-0.39, 0.29) is 12.4 Å². The molecule has 3 rings (SSSR count). The molecule has 0 saturated carbocycles. The van der Waals surface area contributed by atoms with Crippen LogP contribution in [0, 0.1) is 21.7 Å². The number of benzene rings is 1. The molecule has 2 aromatic rings. The highest BCUT2D eigenvalue weighted by Crippen LogP contribution is 2.36. The van der Waals surface area contributed by atoms with Gasteiger partial charge < -0.3 is 33.4 Å². The lowest BCUT2D eigenvalue weighted by molar-refractivity contribution is -0.293. The number of hydrogen-bond acceptors (Lipinski definition) is 11. The number of para-hydroxylation sites is 1. The zero-order valence-corrected chi connectivity index (χ0v) is 28.4. The average molecular weight is 633 g/mol. The van der Waals surface area contributed by atoms with E-state index < -0.39 is 76.2 Å². The third-order valence-electron chi connectivity index (χ3n) is 6.80. The summed E-state index contributed by atoms with van der Waals surface area (Å²) in [5.41, 5.74) is -2.62. The predicted molar refractivity (Wildman–Crippen MR) is 164 cm³/mol. The van der Waals surface area contributed by atoms with Crippen LogP contribution < -0.4 is 4.74 Å². The van der Waals surface area contributed by atoms with E-state index in [1.165, 1.54) is 6.33 Å². The third-order valence-corrected chi connectivity index (χ3v) is 6.80. The van der Waals surface area contributed by atoms with Gasteiger partial charge in [0, 0.05) is 0 Å². The lowest BCUT2D eigenvalue weighted by Crippen LogP contribution is -2.64. The second-order valence-corrected chi connectivity index (χ2v) is 15.4. The summed E-state index contributed by atoms with van der Waals surface area (Å²) in [4.78, 5) is 60.2. The number of nitrogens with zero attached hydrogens (tertiary/aromatic N) is 1. The smallest absolute Gasteiger partial charge is 0.311 e. The average Bonchev–Trinajstić information content (AvgIpc) is 3.38. The van der Waals surface area contributed by atoms with Crippen LogP contribution in [0.3, 0.4) is 0 Å². The molecular formula is C33H48N2O10. The first-order valence-corrected chi connectivity index (χ1v) is 15.0. The first kappa shape index (κ1) is 35.8. The van der Waals surface area contributed by atoms with Crippen LogP contribution >= 0.6 is 0 Å². The van der Waals surface area contributed by atoms with Crippen molar-refractivity contribution in [1.82, 2.24) is 9.97 Å². The van der Waals surface area contributed by atoms with Crippen molar-refractivity contribution in [3.63, 3.8) is 0 Å². The minimum Gasteiger partial charge on any atom is -0.462 e. The number of rotatable bonds is 7. The van der Waals surface area contributed by atoms with Gasteiger partial charge in [-0.05, 0) is 95.2 Å². The summed E-state index contributed by atoms with van der Waals surface area (Å²) in [6, 6.07) is 5.20. The fraction of sp³-hybridized carbons (Fsp3) is 0.667. The van der Waals surface area contributed by atoms with Gasteiger partial charge in [0.05, 0.1) is 33.5 Å². The molecule has 1 aromatic heterocycles. The van der Waals surface area contributed by atoms with Gasteiger partial charge in [-0.15, -0.1) is 0 Å². The Morgan fingerprint density at radius 2 is 1.20 bits per heavy atom. The Hall–Kier alpha value is -3.67. The predicted octanol–water partition coefficient (Wildman–Crippen LogP) is 5.13. The standard InChI is InChI=1S/C33H48N2O10/c1-30(2,3)26(36)40-16-20-22(43-27(37)31(4,5)6)23(44-28(38)32(7,8)9)24(45-29(39)33(10,11)12)25(42-20)41-19-15-13-14-18-21(19)35-17-34-18/h13-15,17,20,22-25H,16H2,1-12H3,(H,34,35)/t20-,22-,23+,24-,25-/m1/s1. The first-order chi connectivity index (χ1) is 20.5. The van der Waals surface area contributed by atoms with Crippen LogP contribution in [-0.2, 0) is 42.9 Å². The van der Waals surface area contributed by atoms with Crippen molar-refractivity contribution in [2.24, 2.45) is 21.7 Å². The largest absolute Gasteiger partial charge is 0.462 e. The summed E-state index contributed by atoms with van der Waals surface area (Å²) in [6.07, 6.45) is -5.27. The van der Waals surface area contributed by atoms with Crippen molar-refractivity contribution in [3.05, 3.63) is 24.5 Å². The van der Waals surface area contributed by atoms with E-state index >= 15 is 0 Å². The number of aromatic nitrogens is 2. The normalized spacial score (nSPS) is 22.8. The number of H-pyrrole nitrogens is 1. The van der Waals surface area contributed by atoms with Gasteiger partial charge in [-0.25, -0.2) is 4.98 Å². The zero-order valence-electron chi connectivity index (χ0n) is 28.4. The Morgan fingerprint density at radius 3 is 1.71 bits per heavy atom. The molecule has 1 aliphatic rings. The van der Waals surface area contributed by atoms with Crippen LogP contribution in [0.25, 0.3) is 11.0 Å². The lowest BCUT2D eigenvalue weighted by Gasteiger charge is -2.45. The van der Waals surface area contributed by atoms with Crippen molar-refractivity contribution in [2.75, 3.05) is 6.61 Å². The fourth-order valence-electron chi connectivity index (χ4n) is 3.94. The maximum absolute atomic E-state index is 13.4. The fourth-order valence-corrected chi connectivity index (χ4v) is 3.94. The van der Waals surface area contributed by atoms with E-state index in [1.54, 1.807) is 101 Å². The van der Waals surface area contributed by atoms with Gasteiger partial charge in [0.1, 0.15) is 18.2 Å². The molecule has 1 saturated heterocycles. The van der Waals surface area contributed by atoms with Crippen molar-refractivity contribution < 1.29 is 47.6 Å². The Bertz CT molecular complexity index is 1390. The lowest BCUT2D eigenvalue weighted by atomic mass is 9.93. The molecular weight excluding hydrogens is 584 g/mol. The number of carbonyl (C=O) groups excluding carboxylic acids is 4. The third kappa shape index (κ3) is 8.96. The van der Waals surface area contributed by atoms with E-state index in [0.717, 1.165) is 0 Å². The summed E-state index contributed by atoms with van der Waals surface area (Å²) < 4.78 is 36.3. The van der Waals surface area contributed by atoms with E-state index in [0.29, 0.717) is 11.0 Å². The first-order valence-electron chi connectivity index (χ1n) is 15.0. The molecule has 0 spiro atoms. The number of carbonyl (C=O) groups is 4. The molecule has 0 radical (unpaired) electrons. The van der Waals surface area contributed by atoms with Crippen molar-refractivity contribution >= 4 is 34.9 Å². The minimum absolute atomic E-state index is 0.284. The van der Waals surface area contributed by atoms with E-state index in [1.807, 2.05) is 0 Å². The highest BCUT2D eigenvalue weighted by Gasteiger charge is 2.55. The summed E-state index contributed by atoms with van der Waals surface area (Å²) in [5.74, 6) is -2.18. The zero-order chi connectivity index (χ0) is 34.1. The number of ether oxygens (including phenoxy) is 6. The summed E-state index contributed by atoms with van der Waals surface area (Å²) in [7, 11) is 0. The van der Waals surface area contributed by atoms with Crippen LogP contribution in [0.4, 0.5) is 0 Å². The molecule has 0 aliphatic carbocycles. The van der Waals surface area contributed by atoms with Gasteiger partial charge in [-0.2, -0.15) is 0 Å². The number of nitrogens with one attached hydrogen (secondary N) is 1. The van der Waals surface area contributed by atoms with Gasteiger partial charge >= 0.3 is 23.9 Å². The van der Waals surface area contributed by atoms with Gasteiger partial charge in [0.25, 0.3) is 0 Å². The molecule has 1 N–H and O–H groups in total. The van der Waals surface area contributed by atoms with Crippen LogP contribution in [0.5, 0.6) is 5.75 Å². The van der Waals surface area contributed by atoms with E-state index in [9.17, 15) is 19.2 Å². The second kappa shape index (κ2) is 13.0. The van der Waals surface area contributed by atoms with Crippen LogP contribution in [-0.4, -0.2) is 71.2 Å². The Labute approximate surface area is 264 Å². The highest BCUT2D eigenvalue weighted by atomic mass is 16.7. The highest BCUT2D eigenvalue weighted by molar-refractivity contribution is 5.81. The SMILES string of the molecule is CC(C)(C)C(=O)OC[C@H]1O[C@@H](Oc2cccc3[nH]cnc23)[C@H](OC(=O)C(C)(C)C)[C@@H](OC(=O)C(C)(C)C)[C@@H]1OC(=O)C(C)(C)C. The molecule has 1 aromatic carbocycles. The molecule has 250 valence electrons. The maximum atomic E-state index is 13.4. The number of esters is 4. The summed E-state index contributed by atoms with van der Waals surface area (Å²) >= 11 is 0. The molecule has 0 unspecified atom stereocenters. The molecule has 45 heavy (non-hydrogen) atoms. The maximum Gasteiger partial charge on any atom is 0.311 e. The molecule has 12 heteroatoms. The summed E-state index contributed by atoms with van der Waals surface area (Å²) in [5, 5.41) is 0. The number of imidazole rings is 1. The van der Waals surface area contributed by atoms with E-state index in [4.69, 9.17) is 28.4 Å². The molecule has 0 bridgehead atoms. The monoisotopic (exact) mass is 632 g/mol. The van der Waals surface area contributed by atoms with Gasteiger partial charge in [0.2, 0.25) is 12.4 Å². The van der Waals surface area contributed by atoms with Crippen molar-refractivity contribution in [3.8, 4) is 5.75 Å². The Morgan fingerprint density at radius 1 is 0.711 bits per heavy atom. The van der Waals surface area contributed by atoms with Gasteiger partial charge in [-0.1, -0.05) is 6.07 Å². The quantitative estimate of drug-likeness (QED) is 0.319. The topological polar surface area (TPSA) is 152 Å². The Balaban J connectivity index is 2.18. The molecule has 12 nitrogen and oxygen atoms in total. The molecule has 0 amide bonds. The van der Waals surface area contributed by atoms with Gasteiger partial charge in [0.15, 0.2) is 18.0 Å². The van der Waals surface area contributed by atoms with Crippen LogP contribution in [0.1, 0.15) is 83.1 Å². The number of fused-ring (bicyclic) bond motifs is 1.